The standard InChI is InChI=1S/C29H57NO3.C26H50O4.C10H22.C4H8O/c1-6-8-12-17-26(18-13-9-7-2)19-16-24-33-28(31)29(3,4)21-14-10-11-15-22-30-23-20-27(25-30)32-5;1-3-5-7-9-12-16-20-25(21-17-13-10-8-6-4-2)30-26(28)22-18-14-11-15-19-23-29-24-27;1-4-5-6-7-8-9-10(2)3;1-2-3-4-5/h26-27H,6-25H2,1-5H3;24-25H,3-23H2,1-2H3;10H,4-9H2,1-3H3;4H,2-3H2,1H3. The molecule has 0 aromatic heterocycles. The first-order valence-corrected chi connectivity index (χ1v) is 34.0. The summed E-state index contributed by atoms with van der Waals surface area (Å²) in [5.41, 5.74) is -0.359. The van der Waals surface area contributed by atoms with Crippen molar-refractivity contribution in [1.29, 1.82) is 0 Å². The van der Waals surface area contributed by atoms with Gasteiger partial charge in [0.2, 0.25) is 0 Å². The van der Waals surface area contributed by atoms with Crippen molar-refractivity contribution >= 4 is 24.7 Å². The van der Waals surface area contributed by atoms with E-state index in [4.69, 9.17) is 14.2 Å². The average Bonchev–Trinajstić information content (AvgIpc) is 3.90. The van der Waals surface area contributed by atoms with E-state index in [-0.39, 0.29) is 23.5 Å². The summed E-state index contributed by atoms with van der Waals surface area (Å²) in [6.07, 6.45) is 54.5. The van der Waals surface area contributed by atoms with E-state index in [1.807, 2.05) is 14.0 Å². The van der Waals surface area contributed by atoms with Gasteiger partial charge in [-0.15, -0.1) is 0 Å². The fourth-order valence-electron chi connectivity index (χ4n) is 10.2. The van der Waals surface area contributed by atoms with E-state index in [0.717, 1.165) is 95.3 Å². The van der Waals surface area contributed by atoms with E-state index in [9.17, 15) is 19.2 Å². The molecule has 0 spiro atoms. The van der Waals surface area contributed by atoms with E-state index in [2.05, 4.69) is 72.0 Å². The number of methoxy groups -OCH3 is 1. The Hall–Kier alpha value is -2.00. The van der Waals surface area contributed by atoms with Gasteiger partial charge < -0.3 is 28.6 Å². The molecule has 466 valence electrons. The Morgan fingerprint density at radius 3 is 1.49 bits per heavy atom. The van der Waals surface area contributed by atoms with Gasteiger partial charge in [0.15, 0.2) is 0 Å². The molecule has 78 heavy (non-hydrogen) atoms. The third-order valence-electron chi connectivity index (χ3n) is 15.6. The molecular formula is C69H137NO8. The van der Waals surface area contributed by atoms with E-state index in [1.165, 1.54) is 212 Å². The molecule has 0 saturated carbocycles. The van der Waals surface area contributed by atoms with Crippen molar-refractivity contribution in [2.75, 3.05) is 40.0 Å². The van der Waals surface area contributed by atoms with Crippen LogP contribution in [-0.4, -0.2) is 81.8 Å². The number of esters is 2. The van der Waals surface area contributed by atoms with E-state index < -0.39 is 0 Å². The largest absolute Gasteiger partial charge is 0.468 e. The average molecular weight is 1110 g/mol. The Labute approximate surface area is 486 Å². The van der Waals surface area contributed by atoms with Gasteiger partial charge in [-0.3, -0.25) is 14.4 Å². The SMILES string of the molecule is CCCC=O.CCCCCC(CCCCC)CCCOC(=O)C(C)(C)CCCCCCN1CCC(OC)C1.CCCCCCCC(C)C.CCCCCCCCC(CCCCCCCC)OC(=O)CCCCCCCOC=O. The van der Waals surface area contributed by atoms with Crippen LogP contribution in [0.25, 0.3) is 0 Å². The summed E-state index contributed by atoms with van der Waals surface area (Å²) in [7, 11) is 1.82. The van der Waals surface area contributed by atoms with Crippen molar-refractivity contribution in [3.63, 3.8) is 0 Å². The quantitative estimate of drug-likeness (QED) is 0.0255. The summed E-state index contributed by atoms with van der Waals surface area (Å²) in [5.74, 6) is 1.71. The smallest absolute Gasteiger partial charge is 0.311 e. The number of likely N-dealkylation sites (tertiary alicyclic amines) is 1. The number of carbonyl (C=O) groups excluding carboxylic acids is 4. The maximum atomic E-state index is 12.6. The van der Waals surface area contributed by atoms with Crippen LogP contribution in [-0.2, 0) is 38.1 Å². The van der Waals surface area contributed by atoms with E-state index in [1.54, 1.807) is 0 Å². The Morgan fingerprint density at radius 2 is 1.00 bits per heavy atom. The monoisotopic (exact) mass is 1110 g/mol. The maximum Gasteiger partial charge on any atom is 0.311 e. The highest BCUT2D eigenvalue weighted by atomic mass is 16.5. The second-order valence-corrected chi connectivity index (χ2v) is 24.4. The second-order valence-electron chi connectivity index (χ2n) is 24.4. The zero-order chi connectivity index (χ0) is 58.4. The molecule has 9 heteroatoms. The number of carbonyl (C=O) groups is 4. The molecule has 0 bridgehead atoms. The summed E-state index contributed by atoms with van der Waals surface area (Å²) in [6.45, 7) is 27.1. The van der Waals surface area contributed by atoms with Crippen molar-refractivity contribution in [1.82, 2.24) is 4.90 Å². The van der Waals surface area contributed by atoms with Gasteiger partial charge in [-0.25, -0.2) is 0 Å². The lowest BCUT2D eigenvalue weighted by atomic mass is 9.87. The van der Waals surface area contributed by atoms with Gasteiger partial charge in [-0.1, -0.05) is 248 Å². The van der Waals surface area contributed by atoms with Crippen LogP contribution in [0.15, 0.2) is 0 Å². The first-order chi connectivity index (χ1) is 37.8. The zero-order valence-corrected chi connectivity index (χ0v) is 54.3. The van der Waals surface area contributed by atoms with Gasteiger partial charge in [0.1, 0.15) is 12.4 Å². The third kappa shape index (κ3) is 60.1. The second kappa shape index (κ2) is 64.2. The summed E-state index contributed by atoms with van der Waals surface area (Å²) in [6, 6.07) is 0. The molecule has 1 heterocycles. The number of unbranched alkanes of at least 4 members (excludes halogenated alkanes) is 26. The minimum Gasteiger partial charge on any atom is -0.468 e. The fourth-order valence-corrected chi connectivity index (χ4v) is 10.2. The summed E-state index contributed by atoms with van der Waals surface area (Å²) < 4.78 is 21.7. The predicted octanol–water partition coefficient (Wildman–Crippen LogP) is 20.7. The first-order valence-electron chi connectivity index (χ1n) is 34.0. The van der Waals surface area contributed by atoms with Crippen LogP contribution in [0, 0.1) is 17.3 Å². The van der Waals surface area contributed by atoms with E-state index in [0.29, 0.717) is 38.6 Å². The van der Waals surface area contributed by atoms with Crippen LogP contribution in [0.5, 0.6) is 0 Å². The minimum atomic E-state index is -0.359. The lowest BCUT2D eigenvalue weighted by Crippen LogP contribution is -2.27. The van der Waals surface area contributed by atoms with Crippen molar-refractivity contribution < 1.29 is 38.1 Å². The molecule has 1 saturated heterocycles. The lowest BCUT2D eigenvalue weighted by Gasteiger charge is -2.23. The molecule has 0 amide bonds. The van der Waals surface area contributed by atoms with Gasteiger partial charge in [-0.05, 0) is 109 Å². The summed E-state index contributed by atoms with van der Waals surface area (Å²) in [5, 5.41) is 0. The maximum absolute atomic E-state index is 12.6. The number of ether oxygens (including phenoxy) is 4. The fraction of sp³-hybridized carbons (Fsp3) is 0.942. The summed E-state index contributed by atoms with van der Waals surface area (Å²) in [4.78, 5) is 46.9. The van der Waals surface area contributed by atoms with Crippen molar-refractivity contribution in [3.05, 3.63) is 0 Å². The molecule has 0 aliphatic carbocycles. The normalized spacial score (nSPS) is 13.4. The number of rotatable bonds is 53. The number of hydrogen-bond donors (Lipinski definition) is 0. The van der Waals surface area contributed by atoms with Gasteiger partial charge in [0.05, 0.1) is 24.7 Å². The molecule has 1 aliphatic heterocycles. The van der Waals surface area contributed by atoms with Crippen molar-refractivity contribution in [3.8, 4) is 0 Å². The van der Waals surface area contributed by atoms with Gasteiger partial charge in [0.25, 0.3) is 6.47 Å². The lowest BCUT2D eigenvalue weighted by molar-refractivity contribution is -0.154. The van der Waals surface area contributed by atoms with Crippen molar-refractivity contribution in [2.45, 2.75) is 364 Å². The first kappa shape index (κ1) is 80.2. The third-order valence-corrected chi connectivity index (χ3v) is 15.6. The highest BCUT2D eigenvalue weighted by Gasteiger charge is 2.29. The van der Waals surface area contributed by atoms with Crippen molar-refractivity contribution in [2.24, 2.45) is 17.3 Å². The molecule has 1 unspecified atom stereocenters. The highest BCUT2D eigenvalue weighted by molar-refractivity contribution is 5.75. The molecule has 0 radical (unpaired) electrons. The Balaban J connectivity index is -0.00000114. The summed E-state index contributed by atoms with van der Waals surface area (Å²) >= 11 is 0. The van der Waals surface area contributed by atoms with Gasteiger partial charge >= 0.3 is 11.9 Å². The van der Waals surface area contributed by atoms with Crippen LogP contribution in [0.2, 0.25) is 0 Å². The molecule has 1 rings (SSSR count). The Kier molecular flexibility index (Phi) is 66.0. The van der Waals surface area contributed by atoms with Crippen LogP contribution in [0.4, 0.5) is 0 Å². The number of hydrogen-bond acceptors (Lipinski definition) is 9. The molecule has 1 fully saturated rings. The van der Waals surface area contributed by atoms with Gasteiger partial charge in [-0.2, -0.15) is 0 Å². The molecule has 0 aromatic carbocycles. The van der Waals surface area contributed by atoms with Crippen LogP contribution in [0.1, 0.15) is 352 Å². The van der Waals surface area contributed by atoms with Crippen LogP contribution < -0.4 is 0 Å². The molecular weight excluding hydrogens is 971 g/mol. The molecule has 1 aliphatic rings. The minimum absolute atomic E-state index is 0.00121. The van der Waals surface area contributed by atoms with Gasteiger partial charge in [0, 0.05) is 33.0 Å². The molecule has 0 N–H and O–H groups in total. The molecule has 0 aromatic rings. The molecule has 9 nitrogen and oxygen atoms in total. The Bertz CT molecular complexity index is 1200. The van der Waals surface area contributed by atoms with Crippen LogP contribution >= 0.6 is 0 Å². The zero-order valence-electron chi connectivity index (χ0n) is 54.3. The topological polar surface area (TPSA) is 108 Å². The Morgan fingerprint density at radius 1 is 0.538 bits per heavy atom. The highest BCUT2D eigenvalue weighted by Crippen LogP contribution is 2.27. The van der Waals surface area contributed by atoms with Crippen LogP contribution in [0.3, 0.4) is 0 Å². The number of aldehydes is 1. The molecule has 1 atom stereocenters. The van der Waals surface area contributed by atoms with E-state index >= 15 is 0 Å². The predicted molar refractivity (Wildman–Crippen MR) is 335 cm³/mol. The number of nitrogens with zero attached hydrogens (tertiary/aromatic N) is 1.